The zero-order valence-corrected chi connectivity index (χ0v) is 24.4. The summed E-state index contributed by atoms with van der Waals surface area (Å²) in [7, 11) is 0. The maximum absolute atomic E-state index is 9.55. The third-order valence-electron chi connectivity index (χ3n) is 8.85. The molecule has 0 aromatic heterocycles. The lowest BCUT2D eigenvalue weighted by atomic mass is 9.96. The summed E-state index contributed by atoms with van der Waals surface area (Å²) in [5, 5.41) is 10.5. The van der Waals surface area contributed by atoms with Crippen LogP contribution in [0.2, 0.25) is 0 Å². The smallest absolute Gasteiger partial charge is 0.0645 e. The van der Waals surface area contributed by atoms with Crippen LogP contribution in [-0.4, -0.2) is 0 Å². The number of anilines is 3. The van der Waals surface area contributed by atoms with Crippen LogP contribution in [0.1, 0.15) is 5.48 Å². The highest BCUT2D eigenvalue weighted by molar-refractivity contribution is 6.15. The van der Waals surface area contributed by atoms with E-state index in [0.717, 1.165) is 65.2 Å². The lowest BCUT2D eigenvalue weighted by Gasteiger charge is -2.28. The van der Waals surface area contributed by atoms with Gasteiger partial charge in [0.15, 0.2) is 0 Å². The molecule has 0 aliphatic heterocycles. The number of nitrogens with zero attached hydrogens (tertiary/aromatic N) is 1. The zero-order chi connectivity index (χ0) is 33.2. The van der Waals surface area contributed by atoms with Crippen LogP contribution in [0.15, 0.2) is 176 Å². The quantitative estimate of drug-likeness (QED) is 0.189. The fourth-order valence-electron chi connectivity index (χ4n) is 6.64. The van der Waals surface area contributed by atoms with E-state index in [9.17, 15) is 5.48 Å². The van der Waals surface area contributed by atoms with Crippen LogP contribution in [-0.2, 0) is 0 Å². The average Bonchev–Trinajstić information content (AvgIpc) is 3.15. The Bertz CT molecular complexity index is 2760. The van der Waals surface area contributed by atoms with E-state index < -0.39 is 0 Å². The Hall–Kier alpha value is -5.92. The molecule has 210 valence electrons. The van der Waals surface area contributed by atoms with Crippen LogP contribution in [0.5, 0.6) is 0 Å². The Morgan fingerprint density at radius 3 is 1.67 bits per heavy atom. The van der Waals surface area contributed by atoms with E-state index in [1.807, 2.05) is 83.8 Å². The summed E-state index contributed by atoms with van der Waals surface area (Å²) in [6, 6.07) is 50.7. The molecular formula is C44H29N. The Balaban J connectivity index is 1.33. The molecule has 0 aliphatic carbocycles. The monoisotopic (exact) mass is 575 g/mol. The van der Waals surface area contributed by atoms with Crippen LogP contribution < -0.4 is 4.90 Å². The minimum atomic E-state index is -0.0978. The summed E-state index contributed by atoms with van der Waals surface area (Å²) >= 11 is 0. The molecule has 0 fully saturated rings. The van der Waals surface area contributed by atoms with Gasteiger partial charge in [-0.25, -0.2) is 0 Å². The highest BCUT2D eigenvalue weighted by Gasteiger charge is 2.18. The van der Waals surface area contributed by atoms with Crippen molar-refractivity contribution < 1.29 is 5.48 Å². The molecule has 0 heterocycles. The molecule has 9 aromatic rings. The van der Waals surface area contributed by atoms with E-state index >= 15 is 0 Å². The molecule has 0 bridgehead atoms. The van der Waals surface area contributed by atoms with Gasteiger partial charge < -0.3 is 4.90 Å². The van der Waals surface area contributed by atoms with Gasteiger partial charge in [-0.15, -0.1) is 0 Å². The Morgan fingerprint density at radius 2 is 0.889 bits per heavy atom. The number of benzene rings is 9. The van der Waals surface area contributed by atoms with Crippen LogP contribution in [0.4, 0.5) is 17.1 Å². The lowest BCUT2D eigenvalue weighted by Crippen LogP contribution is -2.10. The topological polar surface area (TPSA) is 3.24 Å². The molecule has 45 heavy (non-hydrogen) atoms. The van der Waals surface area contributed by atoms with Crippen molar-refractivity contribution in [1.29, 1.82) is 0 Å². The van der Waals surface area contributed by atoms with Gasteiger partial charge in [-0.3, -0.25) is 0 Å². The van der Waals surface area contributed by atoms with Gasteiger partial charge >= 0.3 is 0 Å². The number of hydrogen-bond donors (Lipinski definition) is 0. The molecule has 0 saturated heterocycles. The van der Waals surface area contributed by atoms with Crippen molar-refractivity contribution in [2.75, 3.05) is 4.90 Å². The molecule has 1 nitrogen and oxygen atoms in total. The minimum absolute atomic E-state index is 0.0773. The second kappa shape index (κ2) is 10.4. The maximum atomic E-state index is 9.55. The predicted octanol–water partition coefficient (Wildman–Crippen LogP) is 12.6. The standard InChI is InChI=1S/C44H29N/c1-2-11-34-27-38(26-23-30(34)9-1)45(44-29-36-12-4-6-14-40(36)41-15-7-8-16-42(41)44)37-24-21-31(22-25-37)35-20-19-33-18-17-32-10-3-5-13-39(32)43(33)28-35/h1-29H/i21D,22D,24D,25D. The molecule has 9 aromatic carbocycles. The largest absolute Gasteiger partial charge is 0.310 e. The van der Waals surface area contributed by atoms with Crippen molar-refractivity contribution in [3.8, 4) is 11.1 Å². The van der Waals surface area contributed by atoms with Crippen molar-refractivity contribution in [1.82, 2.24) is 0 Å². The Labute approximate surface area is 267 Å². The summed E-state index contributed by atoms with van der Waals surface area (Å²) in [5.74, 6) is 0. The molecule has 9 rings (SSSR count). The minimum Gasteiger partial charge on any atom is -0.310 e. The fourth-order valence-corrected chi connectivity index (χ4v) is 6.64. The van der Waals surface area contributed by atoms with Gasteiger partial charge in [0, 0.05) is 16.8 Å². The van der Waals surface area contributed by atoms with Crippen molar-refractivity contribution in [3.05, 3.63) is 176 Å². The molecule has 0 N–H and O–H groups in total. The van der Waals surface area contributed by atoms with Crippen LogP contribution in [0.25, 0.3) is 65.0 Å². The SMILES string of the molecule is [2H]c1c([2H])c(N(c2ccc3ccccc3c2)c2cc3ccccc3c3ccccc23)c([2H])c([2H])c1-c1ccc2ccc3ccccc3c2c1. The molecular weight excluding hydrogens is 542 g/mol. The molecule has 1 heteroatoms. The predicted molar refractivity (Wildman–Crippen MR) is 194 cm³/mol. The van der Waals surface area contributed by atoms with Crippen LogP contribution >= 0.6 is 0 Å². The van der Waals surface area contributed by atoms with Gasteiger partial charge in [0.05, 0.1) is 11.2 Å². The summed E-state index contributed by atoms with van der Waals surface area (Å²) in [4.78, 5) is 1.92. The van der Waals surface area contributed by atoms with Gasteiger partial charge in [0.25, 0.3) is 0 Å². The van der Waals surface area contributed by atoms with Gasteiger partial charge in [-0.05, 0) is 96.0 Å². The van der Waals surface area contributed by atoms with Crippen LogP contribution in [0.3, 0.4) is 0 Å². The van der Waals surface area contributed by atoms with Crippen molar-refractivity contribution in [2.45, 2.75) is 0 Å². The molecule has 0 amide bonds. The first-order valence-electron chi connectivity index (χ1n) is 17.2. The summed E-state index contributed by atoms with van der Waals surface area (Å²) in [6.45, 7) is 0. The first kappa shape index (κ1) is 21.7. The van der Waals surface area contributed by atoms with E-state index in [1.165, 1.54) is 0 Å². The molecule has 0 saturated carbocycles. The Kier molecular flexibility index (Phi) is 5.00. The van der Waals surface area contributed by atoms with Gasteiger partial charge in [-0.2, -0.15) is 0 Å². The summed E-state index contributed by atoms with van der Waals surface area (Å²) in [6.07, 6.45) is 0. The third kappa shape index (κ3) is 4.32. The number of hydrogen-bond acceptors (Lipinski definition) is 1. The normalized spacial score (nSPS) is 12.8. The van der Waals surface area contributed by atoms with Crippen LogP contribution in [0, 0.1) is 0 Å². The summed E-state index contributed by atoms with van der Waals surface area (Å²) < 4.78 is 37.9. The van der Waals surface area contributed by atoms with E-state index in [-0.39, 0.29) is 35.4 Å². The highest BCUT2D eigenvalue weighted by atomic mass is 15.1. The highest BCUT2D eigenvalue weighted by Crippen LogP contribution is 2.43. The van der Waals surface area contributed by atoms with E-state index in [1.54, 1.807) is 0 Å². The first-order chi connectivity index (χ1) is 24.0. The lowest BCUT2D eigenvalue weighted by molar-refractivity contribution is 1.31. The average molecular weight is 576 g/mol. The van der Waals surface area contributed by atoms with E-state index in [2.05, 4.69) is 72.8 Å². The molecule has 0 atom stereocenters. The van der Waals surface area contributed by atoms with E-state index in [0.29, 0.717) is 5.56 Å². The van der Waals surface area contributed by atoms with Crippen molar-refractivity contribution in [2.24, 2.45) is 0 Å². The molecule has 0 unspecified atom stereocenters. The second-order valence-corrected chi connectivity index (χ2v) is 11.5. The van der Waals surface area contributed by atoms with Gasteiger partial charge in [0.2, 0.25) is 0 Å². The number of rotatable bonds is 4. The number of fused-ring (bicyclic) bond motifs is 7. The van der Waals surface area contributed by atoms with Crippen molar-refractivity contribution >= 4 is 70.9 Å². The second-order valence-electron chi connectivity index (χ2n) is 11.5. The molecule has 0 spiro atoms. The van der Waals surface area contributed by atoms with Gasteiger partial charge in [0.1, 0.15) is 0 Å². The zero-order valence-electron chi connectivity index (χ0n) is 28.4. The van der Waals surface area contributed by atoms with Crippen molar-refractivity contribution in [3.63, 3.8) is 0 Å². The Morgan fingerprint density at radius 1 is 0.333 bits per heavy atom. The third-order valence-corrected chi connectivity index (χ3v) is 8.85. The molecule has 0 radical (unpaired) electrons. The molecule has 0 aliphatic rings. The fraction of sp³-hybridized carbons (Fsp3) is 0. The first-order valence-corrected chi connectivity index (χ1v) is 15.2. The van der Waals surface area contributed by atoms with Gasteiger partial charge in [-0.1, -0.05) is 139 Å². The summed E-state index contributed by atoms with van der Waals surface area (Å²) in [5.41, 5.74) is 2.69. The van der Waals surface area contributed by atoms with E-state index in [4.69, 9.17) is 0 Å². The maximum Gasteiger partial charge on any atom is 0.0645 e.